The van der Waals surface area contributed by atoms with Crippen molar-refractivity contribution in [3.63, 3.8) is 0 Å². The zero-order valence-electron chi connectivity index (χ0n) is 19.2. The van der Waals surface area contributed by atoms with Crippen molar-refractivity contribution in [2.45, 2.75) is 0 Å². The smallest absolute Gasteiger partial charge is 0.255 e. The van der Waals surface area contributed by atoms with E-state index in [1.54, 1.807) is 24.3 Å². The molecule has 8 heteroatoms. The van der Waals surface area contributed by atoms with Gasteiger partial charge in [0, 0.05) is 39.3 Å². The third-order valence-electron chi connectivity index (χ3n) is 5.94. The first-order chi connectivity index (χ1) is 18.0. The number of carbonyl (C=O) groups excluding carboxylic acids is 1. The Morgan fingerprint density at radius 2 is 1.54 bits per heavy atom. The second-order valence-corrected chi connectivity index (χ2v) is 9.17. The molecule has 2 heterocycles. The van der Waals surface area contributed by atoms with Gasteiger partial charge in [0.2, 0.25) is 0 Å². The second-order valence-electron chi connectivity index (χ2n) is 8.35. The van der Waals surface area contributed by atoms with Gasteiger partial charge in [-0.15, -0.1) is 0 Å². The Kier molecular flexibility index (Phi) is 5.96. The van der Waals surface area contributed by atoms with Crippen molar-refractivity contribution in [2.24, 2.45) is 0 Å². The summed E-state index contributed by atoms with van der Waals surface area (Å²) in [6, 6.07) is 27.9. The van der Waals surface area contributed by atoms with Gasteiger partial charge in [0.25, 0.3) is 5.91 Å². The van der Waals surface area contributed by atoms with Crippen LogP contribution in [-0.2, 0) is 0 Å². The number of hydrogen-bond acceptors (Lipinski definition) is 5. The predicted molar refractivity (Wildman–Crippen MR) is 149 cm³/mol. The Balaban J connectivity index is 1.21. The van der Waals surface area contributed by atoms with Gasteiger partial charge in [-0.1, -0.05) is 53.5 Å². The van der Waals surface area contributed by atoms with Gasteiger partial charge < -0.3 is 15.1 Å². The molecule has 6 nitrogen and oxygen atoms in total. The van der Waals surface area contributed by atoms with E-state index < -0.39 is 0 Å². The van der Waals surface area contributed by atoms with Crippen molar-refractivity contribution in [1.82, 2.24) is 9.97 Å². The van der Waals surface area contributed by atoms with Crippen LogP contribution in [0.4, 0.5) is 17.2 Å². The summed E-state index contributed by atoms with van der Waals surface area (Å²) in [5, 5.41) is 8.97. The number of aromatic nitrogens is 2. The van der Waals surface area contributed by atoms with E-state index in [4.69, 9.17) is 27.6 Å². The fourth-order valence-corrected chi connectivity index (χ4v) is 4.45. The van der Waals surface area contributed by atoms with E-state index in [9.17, 15) is 4.79 Å². The number of halogens is 2. The standard InChI is InChI=1S/C29H18Cl2N4O2/c30-23-13-8-17(14-24(23)31)29(36)35-19-11-9-18(10-12-19)34-27-15-25(32-16-33-27)22-6-3-5-21-20-4-1-2-7-26(20)37-28(21)22/h1-16H,(H,35,36)(H,32,33,34). The van der Waals surface area contributed by atoms with Gasteiger partial charge in [-0.2, -0.15) is 0 Å². The molecule has 2 aromatic heterocycles. The number of anilines is 3. The highest BCUT2D eigenvalue weighted by Crippen LogP contribution is 2.35. The van der Waals surface area contributed by atoms with E-state index in [0.29, 0.717) is 27.1 Å². The number of para-hydroxylation sites is 2. The lowest BCUT2D eigenvalue weighted by Crippen LogP contribution is -2.11. The van der Waals surface area contributed by atoms with Crippen molar-refractivity contribution in [3.8, 4) is 11.3 Å². The highest BCUT2D eigenvalue weighted by Gasteiger charge is 2.13. The summed E-state index contributed by atoms with van der Waals surface area (Å²) >= 11 is 12.0. The first kappa shape index (κ1) is 23.0. The molecule has 0 aliphatic heterocycles. The molecule has 4 aromatic carbocycles. The zero-order chi connectivity index (χ0) is 25.4. The number of carbonyl (C=O) groups is 1. The van der Waals surface area contributed by atoms with Crippen LogP contribution in [0.2, 0.25) is 10.0 Å². The lowest BCUT2D eigenvalue weighted by atomic mass is 10.1. The monoisotopic (exact) mass is 524 g/mol. The van der Waals surface area contributed by atoms with Gasteiger partial charge in [-0.25, -0.2) is 9.97 Å². The Morgan fingerprint density at radius 3 is 2.38 bits per heavy atom. The van der Waals surface area contributed by atoms with Gasteiger partial charge in [0.1, 0.15) is 23.3 Å². The molecule has 0 saturated carbocycles. The maximum Gasteiger partial charge on any atom is 0.255 e. The van der Waals surface area contributed by atoms with E-state index in [-0.39, 0.29) is 5.91 Å². The molecule has 0 saturated heterocycles. The first-order valence-corrected chi connectivity index (χ1v) is 12.2. The maximum absolute atomic E-state index is 12.5. The Morgan fingerprint density at radius 1 is 0.757 bits per heavy atom. The van der Waals surface area contributed by atoms with Crippen LogP contribution < -0.4 is 10.6 Å². The highest BCUT2D eigenvalue weighted by atomic mass is 35.5. The van der Waals surface area contributed by atoms with Crippen LogP contribution in [0.5, 0.6) is 0 Å². The minimum Gasteiger partial charge on any atom is -0.455 e. The van der Waals surface area contributed by atoms with E-state index in [1.807, 2.05) is 54.6 Å². The lowest BCUT2D eigenvalue weighted by Gasteiger charge is -2.10. The fourth-order valence-electron chi connectivity index (χ4n) is 4.15. The fraction of sp³-hybridized carbons (Fsp3) is 0. The molecule has 6 rings (SSSR count). The number of amides is 1. The zero-order valence-corrected chi connectivity index (χ0v) is 20.7. The molecule has 0 atom stereocenters. The SMILES string of the molecule is O=C(Nc1ccc(Nc2cc(-c3cccc4c3oc3ccccc34)ncn2)cc1)c1ccc(Cl)c(Cl)c1. The quantitative estimate of drug-likeness (QED) is 0.237. The summed E-state index contributed by atoms with van der Waals surface area (Å²) in [7, 11) is 0. The largest absolute Gasteiger partial charge is 0.455 e. The molecule has 2 N–H and O–H groups in total. The normalized spacial score (nSPS) is 11.1. The van der Waals surface area contributed by atoms with E-state index >= 15 is 0 Å². The summed E-state index contributed by atoms with van der Waals surface area (Å²) in [6.45, 7) is 0. The summed E-state index contributed by atoms with van der Waals surface area (Å²) in [4.78, 5) is 21.4. The van der Waals surface area contributed by atoms with Gasteiger partial charge in [-0.05, 0) is 54.6 Å². The Hall–Kier alpha value is -4.39. The van der Waals surface area contributed by atoms with Gasteiger partial charge in [0.05, 0.1) is 15.7 Å². The van der Waals surface area contributed by atoms with Crippen LogP contribution in [0.25, 0.3) is 33.2 Å². The number of benzene rings is 4. The van der Waals surface area contributed by atoms with Crippen LogP contribution in [0.1, 0.15) is 10.4 Å². The molecule has 37 heavy (non-hydrogen) atoms. The number of rotatable bonds is 5. The molecule has 0 fully saturated rings. The lowest BCUT2D eigenvalue weighted by molar-refractivity contribution is 0.102. The third-order valence-corrected chi connectivity index (χ3v) is 6.68. The molecular weight excluding hydrogens is 507 g/mol. The third kappa shape index (κ3) is 4.60. The van der Waals surface area contributed by atoms with Crippen molar-refractivity contribution in [3.05, 3.63) is 113 Å². The molecule has 1 amide bonds. The molecule has 0 bridgehead atoms. The van der Waals surface area contributed by atoms with Crippen LogP contribution in [0.15, 0.2) is 102 Å². The molecule has 0 aliphatic carbocycles. The number of nitrogens with zero attached hydrogens (tertiary/aromatic N) is 2. The van der Waals surface area contributed by atoms with Crippen LogP contribution in [0.3, 0.4) is 0 Å². The van der Waals surface area contributed by atoms with Gasteiger partial charge in [-0.3, -0.25) is 4.79 Å². The molecule has 0 radical (unpaired) electrons. The molecule has 0 unspecified atom stereocenters. The van der Waals surface area contributed by atoms with E-state index in [2.05, 4.69) is 26.7 Å². The highest BCUT2D eigenvalue weighted by molar-refractivity contribution is 6.42. The number of fused-ring (bicyclic) bond motifs is 3. The van der Waals surface area contributed by atoms with Crippen molar-refractivity contribution < 1.29 is 9.21 Å². The number of furan rings is 1. The average Bonchev–Trinajstić information content (AvgIpc) is 3.30. The van der Waals surface area contributed by atoms with Gasteiger partial charge in [0.15, 0.2) is 0 Å². The summed E-state index contributed by atoms with van der Waals surface area (Å²) < 4.78 is 6.16. The number of nitrogens with one attached hydrogen (secondary N) is 2. The summed E-state index contributed by atoms with van der Waals surface area (Å²) in [6.07, 6.45) is 1.52. The molecule has 0 spiro atoms. The van der Waals surface area contributed by atoms with Gasteiger partial charge >= 0.3 is 0 Å². The topological polar surface area (TPSA) is 80.0 Å². The molecule has 180 valence electrons. The minimum atomic E-state index is -0.278. The molecular formula is C29H18Cl2N4O2. The summed E-state index contributed by atoms with van der Waals surface area (Å²) in [5.74, 6) is 0.352. The van der Waals surface area contributed by atoms with E-state index in [0.717, 1.165) is 38.9 Å². The Labute approximate surface area is 221 Å². The van der Waals surface area contributed by atoms with E-state index in [1.165, 1.54) is 12.4 Å². The molecule has 0 aliphatic rings. The number of hydrogen-bond donors (Lipinski definition) is 2. The van der Waals surface area contributed by atoms with Crippen molar-refractivity contribution in [1.29, 1.82) is 0 Å². The van der Waals surface area contributed by atoms with Crippen molar-refractivity contribution in [2.75, 3.05) is 10.6 Å². The Bertz CT molecular complexity index is 1780. The van der Waals surface area contributed by atoms with Crippen molar-refractivity contribution >= 4 is 68.2 Å². The summed E-state index contributed by atoms with van der Waals surface area (Å²) in [5.41, 5.74) is 5.12. The average molecular weight is 525 g/mol. The second kappa shape index (κ2) is 9.58. The first-order valence-electron chi connectivity index (χ1n) is 11.4. The molecule has 6 aromatic rings. The minimum absolute atomic E-state index is 0.278. The van der Waals surface area contributed by atoms with Crippen LogP contribution in [0, 0.1) is 0 Å². The van der Waals surface area contributed by atoms with Crippen LogP contribution >= 0.6 is 23.2 Å². The maximum atomic E-state index is 12.5. The van der Waals surface area contributed by atoms with Crippen LogP contribution in [-0.4, -0.2) is 15.9 Å². The predicted octanol–water partition coefficient (Wildman–Crippen LogP) is 8.35.